The summed E-state index contributed by atoms with van der Waals surface area (Å²) in [5, 5.41) is 17.0. The number of ether oxygens (including phenoxy) is 2. The Morgan fingerprint density at radius 2 is 2.25 bits per heavy atom. The maximum Gasteiger partial charge on any atom is 0.254 e. The molecule has 0 spiro atoms. The molecule has 2 heterocycles. The van der Waals surface area contributed by atoms with E-state index in [2.05, 4.69) is 23.4 Å². The number of methoxy groups -OCH3 is 1. The number of anilines is 2. The number of hydrogen-bond donors (Lipinski definition) is 2. The summed E-state index contributed by atoms with van der Waals surface area (Å²) < 4.78 is 12.3. The van der Waals surface area contributed by atoms with Gasteiger partial charge in [0.1, 0.15) is 5.56 Å². The van der Waals surface area contributed by atoms with Gasteiger partial charge in [-0.3, -0.25) is 9.48 Å². The van der Waals surface area contributed by atoms with Crippen molar-refractivity contribution in [2.45, 2.75) is 25.3 Å². The van der Waals surface area contributed by atoms with Crippen LogP contribution in [0.3, 0.4) is 0 Å². The molecule has 2 aromatic rings. The first-order chi connectivity index (χ1) is 13.5. The molecular weight excluding hydrogens is 358 g/mol. The minimum atomic E-state index is -0.579. The molecule has 0 bridgehead atoms. The maximum absolute atomic E-state index is 11.9. The van der Waals surface area contributed by atoms with Gasteiger partial charge in [-0.2, -0.15) is 10.4 Å². The quantitative estimate of drug-likeness (QED) is 0.759. The smallest absolute Gasteiger partial charge is 0.254 e. The fourth-order valence-electron chi connectivity index (χ4n) is 3.35. The third-order valence-corrected chi connectivity index (χ3v) is 4.99. The Kier molecular flexibility index (Phi) is 6.29. The molecular formula is C20H25N5O3. The number of nitrogens with zero attached hydrogens (tertiary/aromatic N) is 3. The highest BCUT2D eigenvalue weighted by molar-refractivity contribution is 5.98. The maximum atomic E-state index is 11.9. The van der Waals surface area contributed by atoms with Crippen molar-refractivity contribution < 1.29 is 14.3 Å². The molecule has 3 unspecified atom stereocenters. The number of primary amides is 1. The molecule has 1 aliphatic rings. The van der Waals surface area contributed by atoms with Crippen LogP contribution in [0.5, 0.6) is 0 Å². The average molecular weight is 383 g/mol. The number of nitriles is 1. The van der Waals surface area contributed by atoms with Crippen molar-refractivity contribution in [3.63, 3.8) is 0 Å². The highest BCUT2D eigenvalue weighted by Gasteiger charge is 2.29. The second-order valence-corrected chi connectivity index (χ2v) is 7.01. The van der Waals surface area contributed by atoms with Crippen molar-refractivity contribution in [2.24, 2.45) is 11.7 Å². The van der Waals surface area contributed by atoms with Gasteiger partial charge in [-0.05, 0) is 24.1 Å². The van der Waals surface area contributed by atoms with E-state index in [4.69, 9.17) is 15.2 Å². The van der Waals surface area contributed by atoms with Crippen LogP contribution < -0.4 is 11.1 Å². The van der Waals surface area contributed by atoms with Gasteiger partial charge < -0.3 is 20.5 Å². The predicted octanol–water partition coefficient (Wildman–Crippen LogP) is 2.58. The third-order valence-electron chi connectivity index (χ3n) is 4.99. The molecule has 148 valence electrons. The molecule has 1 amide bonds. The van der Waals surface area contributed by atoms with Gasteiger partial charge in [0.15, 0.2) is 5.82 Å². The Morgan fingerprint density at radius 3 is 2.89 bits per heavy atom. The number of amides is 1. The van der Waals surface area contributed by atoms with Gasteiger partial charge in [-0.15, -0.1) is 0 Å². The second-order valence-electron chi connectivity index (χ2n) is 7.01. The molecule has 8 heteroatoms. The zero-order valence-electron chi connectivity index (χ0n) is 16.1. The summed E-state index contributed by atoms with van der Waals surface area (Å²) in [5.74, 6) is -0.144. The van der Waals surface area contributed by atoms with Crippen LogP contribution >= 0.6 is 0 Å². The molecule has 1 aliphatic heterocycles. The van der Waals surface area contributed by atoms with Crippen LogP contribution in [0, 0.1) is 17.2 Å². The number of benzene rings is 1. The van der Waals surface area contributed by atoms with Crippen LogP contribution in [0.4, 0.5) is 11.5 Å². The molecule has 3 rings (SSSR count). The number of carbonyl (C=O) groups is 1. The van der Waals surface area contributed by atoms with Crippen LogP contribution in [0.15, 0.2) is 30.5 Å². The van der Waals surface area contributed by atoms with Gasteiger partial charge in [0.05, 0.1) is 31.2 Å². The van der Waals surface area contributed by atoms with Crippen LogP contribution in [0.2, 0.25) is 0 Å². The first kappa shape index (κ1) is 19.9. The molecule has 28 heavy (non-hydrogen) atoms. The summed E-state index contributed by atoms with van der Waals surface area (Å²) in [7, 11) is 1.68. The number of hydrogen-bond acceptors (Lipinski definition) is 6. The summed E-state index contributed by atoms with van der Waals surface area (Å²) in [5.41, 5.74) is 7.76. The molecule has 8 nitrogen and oxygen atoms in total. The zero-order chi connectivity index (χ0) is 20.1. The van der Waals surface area contributed by atoms with E-state index in [0.717, 1.165) is 11.3 Å². The third kappa shape index (κ3) is 4.32. The first-order valence-corrected chi connectivity index (χ1v) is 9.25. The Bertz CT molecular complexity index is 856. The molecule has 1 fully saturated rings. The van der Waals surface area contributed by atoms with Crippen LogP contribution in [-0.2, 0) is 9.47 Å². The van der Waals surface area contributed by atoms with Crippen LogP contribution in [0.25, 0.3) is 0 Å². The lowest BCUT2D eigenvalue weighted by Gasteiger charge is -2.26. The molecule has 3 N–H and O–H groups in total. The van der Waals surface area contributed by atoms with Gasteiger partial charge in [0, 0.05) is 31.5 Å². The zero-order valence-corrected chi connectivity index (χ0v) is 16.1. The van der Waals surface area contributed by atoms with Crippen LogP contribution in [0.1, 0.15) is 41.2 Å². The van der Waals surface area contributed by atoms with E-state index in [-0.39, 0.29) is 23.4 Å². The van der Waals surface area contributed by atoms with E-state index in [1.165, 1.54) is 0 Å². The van der Waals surface area contributed by atoms with Gasteiger partial charge in [-0.25, -0.2) is 0 Å². The van der Waals surface area contributed by atoms with E-state index >= 15 is 0 Å². The lowest BCUT2D eigenvalue weighted by Crippen LogP contribution is -2.29. The van der Waals surface area contributed by atoms with Gasteiger partial charge in [0.2, 0.25) is 0 Å². The highest BCUT2D eigenvalue weighted by Crippen LogP contribution is 2.29. The summed E-state index contributed by atoms with van der Waals surface area (Å²) in [6, 6.07) is 9.92. The van der Waals surface area contributed by atoms with Crippen molar-refractivity contribution in [1.29, 1.82) is 5.26 Å². The van der Waals surface area contributed by atoms with Crippen molar-refractivity contribution in [1.82, 2.24) is 9.78 Å². The first-order valence-electron chi connectivity index (χ1n) is 9.25. The lowest BCUT2D eigenvalue weighted by atomic mass is 9.97. The number of nitrogens with two attached hydrogens (primary N) is 1. The largest absolute Gasteiger partial charge is 0.384 e. The van der Waals surface area contributed by atoms with Gasteiger partial charge in [-0.1, -0.05) is 19.1 Å². The van der Waals surface area contributed by atoms with E-state index < -0.39 is 5.91 Å². The number of carbonyl (C=O) groups excluding carboxylic acids is 1. The van der Waals surface area contributed by atoms with E-state index in [1.807, 2.05) is 24.3 Å². The molecule has 1 saturated heterocycles. The van der Waals surface area contributed by atoms with E-state index in [0.29, 0.717) is 32.1 Å². The van der Waals surface area contributed by atoms with Crippen molar-refractivity contribution in [2.75, 3.05) is 32.2 Å². The van der Waals surface area contributed by atoms with Gasteiger partial charge >= 0.3 is 0 Å². The summed E-state index contributed by atoms with van der Waals surface area (Å²) in [6.07, 6.45) is 2.22. The van der Waals surface area contributed by atoms with Crippen LogP contribution in [-0.4, -0.2) is 42.6 Å². The van der Waals surface area contributed by atoms with E-state index in [9.17, 15) is 10.1 Å². The summed E-state index contributed by atoms with van der Waals surface area (Å²) >= 11 is 0. The standard InChI is InChI=1S/C20H25N5O3/c1-13(11-27-2)14-3-5-16(6-4-14)23-20-17(19(22)26)10-25(24-20)18-12-28-8-7-15(18)9-21/h3-6,10,13,15,18H,7-8,11-12H2,1-2H3,(H2,22,26)(H,23,24). The normalized spacial score (nSPS) is 20.3. The Balaban J connectivity index is 1.82. The minimum Gasteiger partial charge on any atom is -0.384 e. The SMILES string of the molecule is COCC(C)c1ccc(Nc2nn(C3COCCC3C#N)cc2C(N)=O)cc1. The predicted molar refractivity (Wildman–Crippen MR) is 104 cm³/mol. The Hall–Kier alpha value is -2.89. The molecule has 0 saturated carbocycles. The molecule has 1 aromatic heterocycles. The highest BCUT2D eigenvalue weighted by atomic mass is 16.5. The topological polar surface area (TPSA) is 115 Å². The second kappa shape index (κ2) is 8.87. The van der Waals surface area contributed by atoms with Crippen molar-refractivity contribution >= 4 is 17.4 Å². The summed E-state index contributed by atoms with van der Waals surface area (Å²) in [6.45, 7) is 3.67. The van der Waals surface area contributed by atoms with Crippen molar-refractivity contribution in [3.8, 4) is 6.07 Å². The van der Waals surface area contributed by atoms with Gasteiger partial charge in [0.25, 0.3) is 5.91 Å². The fourth-order valence-corrected chi connectivity index (χ4v) is 3.35. The minimum absolute atomic E-state index is 0.219. The van der Waals surface area contributed by atoms with E-state index in [1.54, 1.807) is 18.0 Å². The van der Waals surface area contributed by atoms with Crippen molar-refractivity contribution in [3.05, 3.63) is 41.6 Å². The molecule has 0 aliphatic carbocycles. The monoisotopic (exact) mass is 383 g/mol. The lowest BCUT2D eigenvalue weighted by molar-refractivity contribution is 0.0342. The number of nitrogens with one attached hydrogen (secondary N) is 1. The Morgan fingerprint density at radius 1 is 1.50 bits per heavy atom. The molecule has 3 atom stereocenters. The molecule has 1 aromatic carbocycles. The Labute approximate surface area is 164 Å². The number of rotatable bonds is 7. The fraction of sp³-hybridized carbons (Fsp3) is 0.450. The summed E-state index contributed by atoms with van der Waals surface area (Å²) in [4.78, 5) is 11.9. The number of aromatic nitrogens is 2. The molecule has 0 radical (unpaired) electrons. The average Bonchev–Trinajstić information content (AvgIpc) is 3.12.